The normalized spacial score (nSPS) is 17.1. The minimum atomic E-state index is -0.912. The predicted molar refractivity (Wildman–Crippen MR) is 128 cm³/mol. The number of hydrogen-bond donors (Lipinski definition) is 3. The Balaban J connectivity index is 1.79. The van der Waals surface area contributed by atoms with Crippen LogP contribution in [0.3, 0.4) is 0 Å². The first-order valence-electron chi connectivity index (χ1n) is 10.9. The number of methoxy groups -OCH3 is 4. The molecule has 2 aromatic rings. The van der Waals surface area contributed by atoms with Gasteiger partial charge in [0, 0.05) is 30.6 Å². The number of aromatic hydroxyl groups is 2. The third kappa shape index (κ3) is 5.62. The van der Waals surface area contributed by atoms with Crippen molar-refractivity contribution in [3.8, 4) is 28.7 Å². The second kappa shape index (κ2) is 11.3. The van der Waals surface area contributed by atoms with Crippen LogP contribution in [-0.2, 0) is 14.3 Å². The topological polar surface area (TPSA) is 144 Å². The number of rotatable bonds is 8. The van der Waals surface area contributed by atoms with E-state index in [2.05, 4.69) is 5.32 Å². The van der Waals surface area contributed by atoms with Gasteiger partial charge in [-0.15, -0.1) is 0 Å². The van der Waals surface area contributed by atoms with E-state index in [0.717, 1.165) is 0 Å². The molecule has 192 valence electrons. The minimum Gasteiger partial charge on any atom is -0.504 e. The number of esters is 1. The molecule has 11 heteroatoms. The number of nitrogens with zero attached hydrogens (tertiary/aromatic N) is 1. The van der Waals surface area contributed by atoms with Crippen molar-refractivity contribution in [2.75, 3.05) is 35.0 Å². The van der Waals surface area contributed by atoms with Gasteiger partial charge in [0.15, 0.2) is 23.0 Å². The summed E-state index contributed by atoms with van der Waals surface area (Å²) >= 11 is 0. The highest BCUT2D eigenvalue weighted by Gasteiger charge is 2.41. The third-order valence-corrected chi connectivity index (χ3v) is 5.72. The number of amides is 2. The van der Waals surface area contributed by atoms with Gasteiger partial charge in [-0.3, -0.25) is 9.59 Å². The third-order valence-electron chi connectivity index (χ3n) is 5.72. The van der Waals surface area contributed by atoms with E-state index >= 15 is 0 Å². The lowest BCUT2D eigenvalue weighted by Gasteiger charge is -2.23. The van der Waals surface area contributed by atoms with Gasteiger partial charge in [0.1, 0.15) is 6.04 Å². The van der Waals surface area contributed by atoms with Crippen LogP contribution >= 0.6 is 0 Å². The first-order valence-corrected chi connectivity index (χ1v) is 10.9. The Hall–Kier alpha value is -4.41. The number of ether oxygens (including phenoxy) is 4. The van der Waals surface area contributed by atoms with Gasteiger partial charge in [0.05, 0.1) is 28.4 Å². The van der Waals surface area contributed by atoms with E-state index in [1.54, 1.807) is 0 Å². The maximum atomic E-state index is 13.4. The Kier molecular flexibility index (Phi) is 8.26. The fourth-order valence-corrected chi connectivity index (χ4v) is 3.96. The van der Waals surface area contributed by atoms with Gasteiger partial charge in [-0.1, -0.05) is 6.07 Å². The number of hydrogen-bond acceptors (Lipinski definition) is 9. The molecule has 3 rings (SSSR count). The van der Waals surface area contributed by atoms with E-state index in [4.69, 9.17) is 18.9 Å². The number of phenols is 2. The summed E-state index contributed by atoms with van der Waals surface area (Å²) in [4.78, 5) is 39.7. The van der Waals surface area contributed by atoms with E-state index < -0.39 is 29.9 Å². The highest BCUT2D eigenvalue weighted by molar-refractivity contribution is 5.99. The smallest absolute Gasteiger partial charge is 0.328 e. The second-order valence-electron chi connectivity index (χ2n) is 7.93. The largest absolute Gasteiger partial charge is 0.504 e. The van der Waals surface area contributed by atoms with Crippen molar-refractivity contribution in [3.63, 3.8) is 0 Å². The lowest BCUT2D eigenvalue weighted by atomic mass is 10.1. The van der Waals surface area contributed by atoms with E-state index in [1.165, 1.54) is 75.8 Å². The molecule has 0 aliphatic carbocycles. The number of nitrogens with one attached hydrogen (secondary N) is 1. The van der Waals surface area contributed by atoms with Crippen LogP contribution in [0.1, 0.15) is 22.3 Å². The van der Waals surface area contributed by atoms with Crippen molar-refractivity contribution >= 4 is 23.9 Å². The Morgan fingerprint density at radius 2 is 1.64 bits per heavy atom. The van der Waals surface area contributed by atoms with Crippen molar-refractivity contribution < 1.29 is 43.5 Å². The average Bonchev–Trinajstić information content (AvgIpc) is 3.30. The molecule has 2 amide bonds. The van der Waals surface area contributed by atoms with Crippen molar-refractivity contribution in [3.05, 3.63) is 47.5 Å². The Labute approximate surface area is 207 Å². The predicted octanol–water partition coefficient (Wildman–Crippen LogP) is 1.71. The molecular formula is C25H28N2O9. The van der Waals surface area contributed by atoms with Crippen LogP contribution in [-0.4, -0.2) is 80.0 Å². The van der Waals surface area contributed by atoms with Gasteiger partial charge >= 0.3 is 5.97 Å². The molecule has 0 bridgehead atoms. The summed E-state index contributed by atoms with van der Waals surface area (Å²) in [6, 6.07) is 5.67. The van der Waals surface area contributed by atoms with E-state index in [1.807, 2.05) is 0 Å². The maximum absolute atomic E-state index is 13.4. The van der Waals surface area contributed by atoms with Crippen molar-refractivity contribution in [1.29, 1.82) is 0 Å². The monoisotopic (exact) mass is 500 g/mol. The molecule has 1 saturated heterocycles. The molecule has 1 heterocycles. The average molecular weight is 501 g/mol. The van der Waals surface area contributed by atoms with Crippen LogP contribution in [0.15, 0.2) is 36.4 Å². The first-order chi connectivity index (χ1) is 17.2. The van der Waals surface area contributed by atoms with E-state index in [0.29, 0.717) is 11.3 Å². The molecule has 11 nitrogen and oxygen atoms in total. The molecule has 1 fully saturated rings. The van der Waals surface area contributed by atoms with Crippen molar-refractivity contribution in [1.82, 2.24) is 10.2 Å². The van der Waals surface area contributed by atoms with Crippen LogP contribution in [0, 0.1) is 0 Å². The summed E-state index contributed by atoms with van der Waals surface area (Å²) in [6.07, 6.45) is 2.87. The molecule has 1 aliphatic heterocycles. The lowest BCUT2D eigenvalue weighted by Crippen LogP contribution is -2.41. The molecule has 2 atom stereocenters. The molecule has 36 heavy (non-hydrogen) atoms. The van der Waals surface area contributed by atoms with Crippen molar-refractivity contribution in [2.24, 2.45) is 0 Å². The highest BCUT2D eigenvalue weighted by atomic mass is 16.5. The molecule has 0 saturated carbocycles. The summed E-state index contributed by atoms with van der Waals surface area (Å²) in [7, 11) is 5.53. The van der Waals surface area contributed by atoms with Gasteiger partial charge in [-0.05, 0) is 35.9 Å². The zero-order chi connectivity index (χ0) is 26.4. The summed E-state index contributed by atoms with van der Waals surface area (Å²) in [6.45, 7) is 0.0643. The van der Waals surface area contributed by atoms with Gasteiger partial charge in [-0.2, -0.15) is 0 Å². The quantitative estimate of drug-likeness (QED) is 0.280. The van der Waals surface area contributed by atoms with Crippen LogP contribution < -0.4 is 19.5 Å². The summed E-state index contributed by atoms with van der Waals surface area (Å²) in [5.74, 6) is -1.24. The second-order valence-corrected chi connectivity index (χ2v) is 7.93. The zero-order valence-electron chi connectivity index (χ0n) is 20.3. The highest BCUT2D eigenvalue weighted by Crippen LogP contribution is 2.39. The van der Waals surface area contributed by atoms with Gasteiger partial charge in [0.2, 0.25) is 11.7 Å². The fraction of sp³-hybridized carbons (Fsp3) is 0.320. The van der Waals surface area contributed by atoms with Gasteiger partial charge < -0.3 is 39.4 Å². The van der Waals surface area contributed by atoms with Gasteiger partial charge in [0.25, 0.3) is 5.91 Å². The molecule has 2 unspecified atom stereocenters. The molecule has 0 radical (unpaired) electrons. The van der Waals surface area contributed by atoms with Crippen LogP contribution in [0.5, 0.6) is 28.7 Å². The van der Waals surface area contributed by atoms with Crippen molar-refractivity contribution in [2.45, 2.75) is 18.5 Å². The standard InChI is InChI=1S/C25H28N2O9/c1-33-20-10-15(11-21(34-2)23(20)35-3)24(31)27-13-16(12-17(27)25(32)36-4)26-22(30)8-6-14-5-7-18(28)19(29)9-14/h5-11,16-17,28-29H,12-13H2,1-4H3,(H,26,30)/b8-6+. The maximum Gasteiger partial charge on any atom is 0.328 e. The summed E-state index contributed by atoms with van der Waals surface area (Å²) in [5, 5.41) is 21.8. The first kappa shape index (κ1) is 26.2. The molecular weight excluding hydrogens is 472 g/mol. The summed E-state index contributed by atoms with van der Waals surface area (Å²) < 4.78 is 20.8. The SMILES string of the molecule is COC(=O)C1CC(NC(=O)/C=C/c2ccc(O)c(O)c2)CN1C(=O)c1cc(OC)c(OC)c(OC)c1. The zero-order valence-corrected chi connectivity index (χ0v) is 20.3. The number of likely N-dealkylation sites (tertiary alicyclic amines) is 1. The fourth-order valence-electron chi connectivity index (χ4n) is 3.96. The number of phenolic OH excluding ortho intramolecular Hbond substituents is 2. The van der Waals surface area contributed by atoms with E-state index in [9.17, 15) is 24.6 Å². The Bertz CT molecular complexity index is 1150. The molecule has 0 spiro atoms. The van der Waals surface area contributed by atoms with Crippen LogP contribution in [0.25, 0.3) is 6.08 Å². The minimum absolute atomic E-state index is 0.0643. The van der Waals surface area contributed by atoms with Crippen LogP contribution in [0.4, 0.5) is 0 Å². The van der Waals surface area contributed by atoms with E-state index in [-0.39, 0.29) is 41.5 Å². The number of carbonyl (C=O) groups is 3. The molecule has 0 aromatic heterocycles. The molecule has 2 aromatic carbocycles. The summed E-state index contributed by atoms with van der Waals surface area (Å²) in [5.41, 5.74) is 0.705. The Morgan fingerprint density at radius 3 is 2.19 bits per heavy atom. The van der Waals surface area contributed by atoms with Crippen LogP contribution in [0.2, 0.25) is 0 Å². The number of carbonyl (C=O) groups excluding carboxylic acids is 3. The lowest BCUT2D eigenvalue weighted by molar-refractivity contribution is -0.145. The number of benzene rings is 2. The molecule has 3 N–H and O–H groups in total. The van der Waals surface area contributed by atoms with Gasteiger partial charge in [-0.25, -0.2) is 4.79 Å². The molecule has 1 aliphatic rings. The Morgan fingerprint density at radius 1 is 0.972 bits per heavy atom.